The van der Waals surface area contributed by atoms with E-state index in [1.807, 2.05) is 47.0 Å². The largest absolute Gasteiger partial charge is 0.370 e. The fourth-order valence-electron chi connectivity index (χ4n) is 1.81. The van der Waals surface area contributed by atoms with Crippen molar-refractivity contribution < 1.29 is 0 Å². The van der Waals surface area contributed by atoms with E-state index in [1.54, 1.807) is 0 Å². The van der Waals surface area contributed by atoms with E-state index in [1.165, 1.54) is 11.8 Å². The van der Waals surface area contributed by atoms with E-state index < -0.39 is 0 Å². The molecule has 0 unspecified atom stereocenters. The molecule has 102 valence electrons. The van der Waals surface area contributed by atoms with E-state index in [4.69, 9.17) is 0 Å². The monoisotopic (exact) mass is 285 g/mol. The van der Waals surface area contributed by atoms with Gasteiger partial charge in [-0.25, -0.2) is 4.98 Å². The van der Waals surface area contributed by atoms with Crippen LogP contribution >= 0.6 is 11.8 Å². The van der Waals surface area contributed by atoms with Gasteiger partial charge in [0, 0.05) is 12.7 Å². The first-order chi connectivity index (χ1) is 9.86. The second-order valence-corrected chi connectivity index (χ2v) is 5.29. The lowest BCUT2D eigenvalue weighted by atomic mass is 10.4. The highest BCUT2D eigenvalue weighted by Gasteiger charge is 2.07. The molecule has 0 bridgehead atoms. The Morgan fingerprint density at radius 1 is 1.15 bits per heavy atom. The molecule has 0 fully saturated rings. The number of nitrogens with zero attached hydrogens (tertiary/aromatic N) is 4. The van der Waals surface area contributed by atoms with Crippen molar-refractivity contribution in [1.82, 2.24) is 19.6 Å². The molecule has 3 aromatic heterocycles. The van der Waals surface area contributed by atoms with Crippen LogP contribution in [0.4, 0.5) is 5.82 Å². The van der Waals surface area contributed by atoms with Gasteiger partial charge in [-0.3, -0.25) is 4.40 Å². The lowest BCUT2D eigenvalue weighted by Gasteiger charge is -2.05. The van der Waals surface area contributed by atoms with Gasteiger partial charge in [0.1, 0.15) is 10.8 Å². The number of rotatable bonds is 5. The standard InChI is InChI=1S/C14H15N5S/c1-2-9-15-11-6-5-8-13(16-11)20-14-18-17-12-7-3-4-10-19(12)14/h3-8,10H,2,9H2,1H3,(H,15,16). The Labute approximate surface area is 121 Å². The molecule has 0 saturated heterocycles. The van der Waals surface area contributed by atoms with Crippen LogP contribution in [0.3, 0.4) is 0 Å². The molecule has 0 atom stereocenters. The Morgan fingerprint density at radius 3 is 3.00 bits per heavy atom. The summed E-state index contributed by atoms with van der Waals surface area (Å²) in [5, 5.41) is 13.3. The van der Waals surface area contributed by atoms with Crippen molar-refractivity contribution in [2.45, 2.75) is 23.5 Å². The number of anilines is 1. The molecule has 1 N–H and O–H groups in total. The van der Waals surface area contributed by atoms with Crippen molar-refractivity contribution in [3.63, 3.8) is 0 Å². The zero-order valence-electron chi connectivity index (χ0n) is 11.2. The smallest absolute Gasteiger partial charge is 0.201 e. The Balaban J connectivity index is 1.83. The number of aromatic nitrogens is 4. The van der Waals surface area contributed by atoms with Gasteiger partial charge in [-0.05, 0) is 42.4 Å². The summed E-state index contributed by atoms with van der Waals surface area (Å²) in [5.41, 5.74) is 0.843. The number of nitrogens with one attached hydrogen (secondary N) is 1. The molecule has 0 amide bonds. The second kappa shape index (κ2) is 5.92. The topological polar surface area (TPSA) is 55.1 Å². The fourth-order valence-corrected chi connectivity index (χ4v) is 2.62. The summed E-state index contributed by atoms with van der Waals surface area (Å²) in [6.45, 7) is 3.06. The number of hydrogen-bond donors (Lipinski definition) is 1. The first kappa shape index (κ1) is 12.9. The van der Waals surface area contributed by atoms with Gasteiger partial charge in [-0.1, -0.05) is 19.1 Å². The third-order valence-electron chi connectivity index (χ3n) is 2.76. The van der Waals surface area contributed by atoms with Gasteiger partial charge in [0.25, 0.3) is 0 Å². The van der Waals surface area contributed by atoms with Crippen LogP contribution in [-0.2, 0) is 0 Å². The van der Waals surface area contributed by atoms with Crippen LogP contribution in [0.25, 0.3) is 5.65 Å². The van der Waals surface area contributed by atoms with Crippen LogP contribution in [0.1, 0.15) is 13.3 Å². The molecule has 0 aliphatic rings. The third-order valence-corrected chi connectivity index (χ3v) is 3.66. The molecule has 0 aliphatic heterocycles. The minimum atomic E-state index is 0.820. The summed E-state index contributed by atoms with van der Waals surface area (Å²) in [5.74, 6) is 0.894. The molecule has 3 rings (SSSR count). The van der Waals surface area contributed by atoms with Gasteiger partial charge < -0.3 is 5.32 Å². The van der Waals surface area contributed by atoms with Gasteiger partial charge in [-0.2, -0.15) is 0 Å². The average molecular weight is 285 g/mol. The van der Waals surface area contributed by atoms with Crippen molar-refractivity contribution in [1.29, 1.82) is 0 Å². The molecule has 5 nitrogen and oxygen atoms in total. The fraction of sp³-hybridized carbons (Fsp3) is 0.214. The van der Waals surface area contributed by atoms with Gasteiger partial charge in [0.15, 0.2) is 5.65 Å². The van der Waals surface area contributed by atoms with Crippen LogP contribution < -0.4 is 5.32 Å². The first-order valence-corrected chi connectivity index (χ1v) is 7.37. The molecule has 0 aromatic carbocycles. The Morgan fingerprint density at radius 2 is 2.10 bits per heavy atom. The highest BCUT2D eigenvalue weighted by Crippen LogP contribution is 2.25. The maximum atomic E-state index is 4.56. The van der Waals surface area contributed by atoms with Crippen molar-refractivity contribution in [2.75, 3.05) is 11.9 Å². The van der Waals surface area contributed by atoms with E-state index in [-0.39, 0.29) is 0 Å². The molecule has 6 heteroatoms. The normalized spacial score (nSPS) is 10.8. The van der Waals surface area contributed by atoms with Crippen LogP contribution in [-0.4, -0.2) is 26.1 Å². The minimum absolute atomic E-state index is 0.820. The van der Waals surface area contributed by atoms with E-state index in [9.17, 15) is 0 Å². The lowest BCUT2D eigenvalue weighted by Crippen LogP contribution is -2.01. The summed E-state index contributed by atoms with van der Waals surface area (Å²) >= 11 is 1.51. The number of hydrogen-bond acceptors (Lipinski definition) is 5. The molecule has 0 radical (unpaired) electrons. The first-order valence-electron chi connectivity index (χ1n) is 6.55. The predicted octanol–water partition coefficient (Wildman–Crippen LogP) is 3.10. The molecule has 0 spiro atoms. The second-order valence-electron chi connectivity index (χ2n) is 4.30. The molecular weight excluding hydrogens is 270 g/mol. The quantitative estimate of drug-likeness (QED) is 0.780. The number of pyridine rings is 2. The van der Waals surface area contributed by atoms with Crippen LogP contribution in [0.5, 0.6) is 0 Å². The Bertz CT molecular complexity index is 709. The van der Waals surface area contributed by atoms with E-state index in [2.05, 4.69) is 27.4 Å². The summed E-state index contributed by atoms with van der Waals surface area (Å²) < 4.78 is 1.96. The Kier molecular flexibility index (Phi) is 3.83. The van der Waals surface area contributed by atoms with Crippen molar-refractivity contribution in [3.05, 3.63) is 42.6 Å². The molecule has 3 aromatic rings. The van der Waals surface area contributed by atoms with Crippen molar-refractivity contribution in [2.24, 2.45) is 0 Å². The summed E-state index contributed by atoms with van der Waals surface area (Å²) in [6.07, 6.45) is 3.03. The lowest BCUT2D eigenvalue weighted by molar-refractivity contribution is 0.915. The highest BCUT2D eigenvalue weighted by molar-refractivity contribution is 7.99. The Hall–Kier alpha value is -2.08. The van der Waals surface area contributed by atoms with Gasteiger partial charge in [-0.15, -0.1) is 10.2 Å². The van der Waals surface area contributed by atoms with Gasteiger partial charge >= 0.3 is 0 Å². The molecule has 20 heavy (non-hydrogen) atoms. The van der Waals surface area contributed by atoms with Crippen molar-refractivity contribution in [3.8, 4) is 0 Å². The van der Waals surface area contributed by atoms with Gasteiger partial charge in [0.05, 0.1) is 0 Å². The van der Waals surface area contributed by atoms with Crippen LogP contribution in [0.2, 0.25) is 0 Å². The molecular formula is C14H15N5S. The van der Waals surface area contributed by atoms with Crippen molar-refractivity contribution >= 4 is 23.2 Å². The third kappa shape index (κ3) is 2.75. The minimum Gasteiger partial charge on any atom is -0.370 e. The average Bonchev–Trinajstić information content (AvgIpc) is 2.89. The van der Waals surface area contributed by atoms with E-state index >= 15 is 0 Å². The molecule has 3 heterocycles. The SMILES string of the molecule is CCCNc1cccc(Sc2nnc3ccccn23)n1. The summed E-state index contributed by atoms with van der Waals surface area (Å²) in [4.78, 5) is 4.56. The zero-order valence-corrected chi connectivity index (χ0v) is 12.0. The molecule has 0 aliphatic carbocycles. The zero-order chi connectivity index (χ0) is 13.8. The van der Waals surface area contributed by atoms with Crippen LogP contribution in [0.15, 0.2) is 52.8 Å². The maximum absolute atomic E-state index is 4.56. The summed E-state index contributed by atoms with van der Waals surface area (Å²) in [6, 6.07) is 11.8. The van der Waals surface area contributed by atoms with Crippen LogP contribution in [0, 0.1) is 0 Å². The summed E-state index contributed by atoms with van der Waals surface area (Å²) in [7, 11) is 0. The van der Waals surface area contributed by atoms with E-state index in [0.29, 0.717) is 0 Å². The van der Waals surface area contributed by atoms with Gasteiger partial charge in [0.2, 0.25) is 5.16 Å². The maximum Gasteiger partial charge on any atom is 0.201 e. The highest BCUT2D eigenvalue weighted by atomic mass is 32.2. The molecule has 0 saturated carbocycles. The van der Waals surface area contributed by atoms with E-state index in [0.717, 1.165) is 34.6 Å². The number of fused-ring (bicyclic) bond motifs is 1. The predicted molar refractivity (Wildman–Crippen MR) is 80.1 cm³/mol.